The van der Waals surface area contributed by atoms with Crippen LogP contribution in [0.15, 0.2) is 24.3 Å². The van der Waals surface area contributed by atoms with E-state index in [0.717, 1.165) is 0 Å². The second-order valence-electron chi connectivity index (χ2n) is 2.98. The fourth-order valence-electron chi connectivity index (χ4n) is 1.68. The van der Waals surface area contributed by atoms with Crippen molar-refractivity contribution >= 4 is 0 Å². The van der Waals surface area contributed by atoms with E-state index in [2.05, 4.69) is 44.2 Å². The molecule has 3 nitrogen and oxygen atoms in total. The molecule has 0 radical (unpaired) electrons. The maximum atomic E-state index is 7.50. The van der Waals surface area contributed by atoms with Crippen molar-refractivity contribution in [3.05, 3.63) is 55.3 Å². The fraction of sp³-hybridized carbons (Fsp3) is 0.308. The predicted molar refractivity (Wildman–Crippen MR) is 54.9 cm³/mol. The molecule has 17 heavy (non-hydrogen) atoms. The summed E-state index contributed by atoms with van der Waals surface area (Å²) < 4.78 is 22.5. The maximum absolute atomic E-state index is 7.50. The summed E-state index contributed by atoms with van der Waals surface area (Å²) in [5.74, 6) is 0. The summed E-state index contributed by atoms with van der Waals surface area (Å²) in [5, 5.41) is 0. The Bertz CT molecular complexity index is 303. The summed E-state index contributed by atoms with van der Waals surface area (Å²) in [6.45, 7) is 13.5. The normalized spacial score (nSPS) is 10.0. The smallest absolute Gasteiger partial charge is 0.0620 e. The third kappa shape index (κ3) is 8.75. The zero-order chi connectivity index (χ0) is 12.8. The molecule has 0 N–H and O–H groups in total. The van der Waals surface area contributed by atoms with Gasteiger partial charge in [-0.25, -0.2) is 0 Å². The van der Waals surface area contributed by atoms with E-state index in [0.29, 0.717) is 0 Å². The van der Waals surface area contributed by atoms with Crippen molar-refractivity contribution in [2.24, 2.45) is 0 Å². The number of benzene rings is 1. The van der Waals surface area contributed by atoms with Crippen molar-refractivity contribution in [1.82, 2.24) is 0 Å². The van der Waals surface area contributed by atoms with E-state index in [1.54, 1.807) is 11.1 Å². The van der Waals surface area contributed by atoms with E-state index < -0.39 is 0 Å². The Kier molecular flexibility index (Phi) is 21.7. The van der Waals surface area contributed by atoms with Gasteiger partial charge in [0.05, 0.1) is 0 Å². The first-order chi connectivity index (χ1) is 7.97. The molecule has 82 valence electrons. The van der Waals surface area contributed by atoms with Gasteiger partial charge in [0, 0.05) is 0 Å². The Balaban J connectivity index is -0.000000248. The standard InChI is InChI=1S/C10H12.3CO.Cr/c1-2-6-10-8-4-3-7-9(10)5-1;3*1-2;/h1-2,5-6H,3-4,7-8H2;;;;/q;;;;+6. The quantitative estimate of drug-likeness (QED) is 0.512. The SMILES string of the molecule is [C-]#[O+].[C-]#[O+].[C-]#[O+].[Cr+6].c1ccc2c(c1)CCCC2. The van der Waals surface area contributed by atoms with Gasteiger partial charge in [-0.15, -0.1) is 0 Å². The van der Waals surface area contributed by atoms with Crippen molar-refractivity contribution in [2.45, 2.75) is 25.7 Å². The Morgan fingerprint density at radius 2 is 1.00 bits per heavy atom. The zero-order valence-electron chi connectivity index (χ0n) is 9.27. The molecule has 1 aromatic carbocycles. The van der Waals surface area contributed by atoms with Crippen molar-refractivity contribution < 1.29 is 31.3 Å². The summed E-state index contributed by atoms with van der Waals surface area (Å²) in [6, 6.07) is 8.80. The van der Waals surface area contributed by atoms with Crippen LogP contribution in [0.25, 0.3) is 0 Å². The molecule has 1 aliphatic rings. The van der Waals surface area contributed by atoms with Crippen LogP contribution in [0, 0.1) is 20.0 Å². The minimum Gasteiger partial charge on any atom is -0.0620 e. The van der Waals surface area contributed by atoms with E-state index in [1.807, 2.05) is 0 Å². The van der Waals surface area contributed by atoms with Gasteiger partial charge < -0.3 is 0 Å². The third-order valence-electron chi connectivity index (χ3n) is 2.26. The monoisotopic (exact) mass is 268 g/mol. The van der Waals surface area contributed by atoms with E-state index in [1.165, 1.54) is 25.7 Å². The van der Waals surface area contributed by atoms with Crippen molar-refractivity contribution in [3.8, 4) is 0 Å². The second-order valence-corrected chi connectivity index (χ2v) is 2.98. The van der Waals surface area contributed by atoms with E-state index in [-0.39, 0.29) is 17.4 Å². The van der Waals surface area contributed by atoms with Gasteiger partial charge >= 0.3 is 51.3 Å². The Labute approximate surface area is 113 Å². The average Bonchev–Trinajstić information content (AvgIpc) is 2.45. The predicted octanol–water partition coefficient (Wildman–Crippen LogP) is 2.45. The third-order valence-corrected chi connectivity index (χ3v) is 2.26. The van der Waals surface area contributed by atoms with Crippen LogP contribution in [0.2, 0.25) is 0 Å². The van der Waals surface area contributed by atoms with Crippen LogP contribution in [0.1, 0.15) is 24.0 Å². The summed E-state index contributed by atoms with van der Waals surface area (Å²) in [5.41, 5.74) is 3.16. The molecule has 0 spiro atoms. The van der Waals surface area contributed by atoms with Gasteiger partial charge in [-0.05, 0) is 36.8 Å². The summed E-state index contributed by atoms with van der Waals surface area (Å²) >= 11 is 0. The number of aryl methyl sites for hydroxylation is 2. The van der Waals surface area contributed by atoms with E-state index >= 15 is 0 Å². The zero-order valence-corrected chi connectivity index (χ0v) is 10.5. The van der Waals surface area contributed by atoms with E-state index in [4.69, 9.17) is 14.0 Å². The molecule has 0 saturated carbocycles. The summed E-state index contributed by atoms with van der Waals surface area (Å²) in [7, 11) is 0. The molecule has 0 unspecified atom stereocenters. The molecule has 0 saturated heterocycles. The maximum Gasteiger partial charge on any atom is 6.00 e. The molecule has 0 atom stereocenters. The molecule has 1 aliphatic carbocycles. The van der Waals surface area contributed by atoms with Crippen LogP contribution in [-0.4, -0.2) is 0 Å². The van der Waals surface area contributed by atoms with E-state index in [9.17, 15) is 0 Å². The van der Waals surface area contributed by atoms with Gasteiger partial charge in [-0.2, -0.15) is 0 Å². The minimum absolute atomic E-state index is 0. The van der Waals surface area contributed by atoms with Gasteiger partial charge in [-0.3, -0.25) is 0 Å². The first kappa shape index (κ1) is 21.3. The Morgan fingerprint density at radius 1 is 0.706 bits per heavy atom. The van der Waals surface area contributed by atoms with Crippen LogP contribution >= 0.6 is 0 Å². The van der Waals surface area contributed by atoms with Crippen LogP contribution < -0.4 is 0 Å². The molecule has 2 rings (SSSR count). The fourth-order valence-corrected chi connectivity index (χ4v) is 1.68. The molecule has 0 bridgehead atoms. The number of fused-ring (bicyclic) bond motifs is 1. The van der Waals surface area contributed by atoms with Crippen molar-refractivity contribution in [3.63, 3.8) is 0 Å². The average molecular weight is 268 g/mol. The molecular weight excluding hydrogens is 256 g/mol. The Hall–Kier alpha value is -1.03. The van der Waals surface area contributed by atoms with Crippen molar-refractivity contribution in [1.29, 1.82) is 0 Å². The topological polar surface area (TPSA) is 59.7 Å². The number of rotatable bonds is 0. The van der Waals surface area contributed by atoms with Gasteiger partial charge in [0.2, 0.25) is 0 Å². The van der Waals surface area contributed by atoms with Gasteiger partial charge in [0.15, 0.2) is 0 Å². The van der Waals surface area contributed by atoms with Gasteiger partial charge in [-0.1, -0.05) is 24.3 Å². The van der Waals surface area contributed by atoms with Crippen LogP contribution in [0.5, 0.6) is 0 Å². The van der Waals surface area contributed by atoms with Crippen LogP contribution in [-0.2, 0) is 44.2 Å². The summed E-state index contributed by atoms with van der Waals surface area (Å²) in [6.07, 6.45) is 5.38. The molecular formula is C13H12CrO3+6. The second kappa shape index (κ2) is 17.4. The molecule has 1 aromatic rings. The van der Waals surface area contributed by atoms with Crippen molar-refractivity contribution in [2.75, 3.05) is 0 Å². The molecule has 0 heterocycles. The molecule has 0 fully saturated rings. The largest absolute Gasteiger partial charge is 6.00 e. The van der Waals surface area contributed by atoms with Crippen LogP contribution in [0.3, 0.4) is 0 Å². The molecule has 0 aliphatic heterocycles. The van der Waals surface area contributed by atoms with Crippen LogP contribution in [0.4, 0.5) is 0 Å². The number of hydrogen-bond acceptors (Lipinski definition) is 0. The summed E-state index contributed by atoms with van der Waals surface area (Å²) in [4.78, 5) is 0. The Morgan fingerprint density at radius 3 is 1.29 bits per heavy atom. The molecule has 0 amide bonds. The van der Waals surface area contributed by atoms with Gasteiger partial charge in [0.25, 0.3) is 0 Å². The minimum atomic E-state index is 0. The number of hydrogen-bond donors (Lipinski definition) is 0. The first-order valence-electron chi connectivity index (χ1n) is 4.65. The molecule has 0 aromatic heterocycles. The van der Waals surface area contributed by atoms with Gasteiger partial charge in [0.1, 0.15) is 0 Å². The molecule has 4 heteroatoms. The first-order valence-corrected chi connectivity index (χ1v) is 4.65.